The molecular weight excluding hydrogens is 376 g/mol. The van der Waals surface area contributed by atoms with Gasteiger partial charge in [-0.2, -0.15) is 0 Å². The molecule has 0 atom stereocenters. The number of hydrogen-bond donors (Lipinski definition) is 0. The van der Waals surface area contributed by atoms with E-state index in [2.05, 4.69) is 11.0 Å². The van der Waals surface area contributed by atoms with Gasteiger partial charge in [0.05, 0.1) is 30.0 Å². The van der Waals surface area contributed by atoms with E-state index < -0.39 is 0 Å². The topological polar surface area (TPSA) is 58.1 Å². The van der Waals surface area contributed by atoms with Gasteiger partial charge in [0.1, 0.15) is 5.75 Å². The lowest BCUT2D eigenvalue weighted by atomic mass is 10.0. The van der Waals surface area contributed by atoms with Gasteiger partial charge in [0.25, 0.3) is 0 Å². The highest BCUT2D eigenvalue weighted by Crippen LogP contribution is 2.33. The van der Waals surface area contributed by atoms with Crippen LogP contribution in [0.5, 0.6) is 5.75 Å². The Bertz CT molecular complexity index is 813. The van der Waals surface area contributed by atoms with Crippen LogP contribution in [0.2, 0.25) is 0 Å². The predicted octanol–water partition coefficient (Wildman–Crippen LogP) is 3.05. The van der Waals surface area contributed by atoms with Gasteiger partial charge in [0.2, 0.25) is 0 Å². The minimum atomic E-state index is 0.130. The molecule has 0 spiro atoms. The smallest absolute Gasteiger partial charge is 0.320 e. The Labute approximate surface area is 169 Å². The second kappa shape index (κ2) is 8.53. The van der Waals surface area contributed by atoms with Crippen LogP contribution < -0.4 is 9.64 Å². The Morgan fingerprint density at radius 1 is 1.29 bits per heavy atom. The largest absolute Gasteiger partial charge is 0.494 e. The van der Waals surface area contributed by atoms with Gasteiger partial charge in [0, 0.05) is 39.3 Å². The van der Waals surface area contributed by atoms with E-state index in [1.54, 1.807) is 11.3 Å². The maximum absolute atomic E-state index is 12.7. The summed E-state index contributed by atoms with van der Waals surface area (Å²) in [5.74, 6) is 0.896. The fraction of sp³-hybridized carbons (Fsp3) is 0.600. The average molecular weight is 405 g/mol. The van der Waals surface area contributed by atoms with Crippen molar-refractivity contribution in [3.8, 4) is 5.75 Å². The molecule has 0 aliphatic carbocycles. The number of benzene rings is 1. The number of hydrogen-bond acceptors (Lipinski definition) is 6. The lowest BCUT2D eigenvalue weighted by Gasteiger charge is -2.39. The number of rotatable bonds is 4. The van der Waals surface area contributed by atoms with E-state index in [9.17, 15) is 4.79 Å². The van der Waals surface area contributed by atoms with Crippen LogP contribution in [-0.2, 0) is 4.74 Å². The zero-order chi connectivity index (χ0) is 19.5. The first-order valence-corrected chi connectivity index (χ1v) is 10.8. The van der Waals surface area contributed by atoms with Gasteiger partial charge in [-0.3, -0.25) is 0 Å². The number of morpholine rings is 1. The van der Waals surface area contributed by atoms with E-state index in [4.69, 9.17) is 14.5 Å². The van der Waals surface area contributed by atoms with E-state index >= 15 is 0 Å². The normalized spacial score (nSPS) is 18.5. The zero-order valence-corrected chi connectivity index (χ0v) is 17.4. The van der Waals surface area contributed by atoms with Gasteiger partial charge in [-0.1, -0.05) is 11.3 Å². The molecule has 2 aliphatic rings. The van der Waals surface area contributed by atoms with Crippen LogP contribution in [0, 0.1) is 0 Å². The second-order valence-electron chi connectivity index (χ2n) is 7.27. The molecule has 0 N–H and O–H groups in total. The van der Waals surface area contributed by atoms with Gasteiger partial charge >= 0.3 is 6.03 Å². The monoisotopic (exact) mass is 404 g/mol. The maximum atomic E-state index is 12.7. The molecule has 152 valence electrons. The highest BCUT2D eigenvalue weighted by Gasteiger charge is 2.29. The first kappa shape index (κ1) is 19.3. The number of nitrogens with zero attached hydrogens (tertiary/aromatic N) is 4. The molecule has 3 heterocycles. The van der Waals surface area contributed by atoms with Crippen LogP contribution in [0.15, 0.2) is 18.2 Å². The second-order valence-corrected chi connectivity index (χ2v) is 8.28. The highest BCUT2D eigenvalue weighted by atomic mass is 32.1. The SMILES string of the molecule is CCOc1ccc2nc(N3CCC(N(C)C(=O)N4CCOCC4)CC3)sc2c1. The molecule has 2 aliphatic heterocycles. The zero-order valence-electron chi connectivity index (χ0n) is 16.6. The molecule has 0 unspecified atom stereocenters. The van der Waals surface area contributed by atoms with E-state index in [-0.39, 0.29) is 12.1 Å². The predicted molar refractivity (Wildman–Crippen MR) is 112 cm³/mol. The number of fused-ring (bicyclic) bond motifs is 1. The van der Waals surface area contributed by atoms with Gasteiger partial charge < -0.3 is 24.2 Å². The highest BCUT2D eigenvalue weighted by molar-refractivity contribution is 7.22. The Morgan fingerprint density at radius 2 is 2.04 bits per heavy atom. The number of carbonyl (C=O) groups excluding carboxylic acids is 1. The number of thiazole rings is 1. The third kappa shape index (κ3) is 4.03. The van der Waals surface area contributed by atoms with Crippen LogP contribution in [0.4, 0.5) is 9.93 Å². The van der Waals surface area contributed by atoms with Gasteiger partial charge in [-0.25, -0.2) is 9.78 Å². The Hall–Kier alpha value is -2.06. The lowest BCUT2D eigenvalue weighted by molar-refractivity contribution is 0.0409. The van der Waals surface area contributed by atoms with E-state index in [0.29, 0.717) is 32.9 Å². The third-order valence-electron chi connectivity index (χ3n) is 5.53. The molecule has 1 aromatic heterocycles. The van der Waals surface area contributed by atoms with Crippen LogP contribution >= 0.6 is 11.3 Å². The van der Waals surface area contributed by atoms with Crippen molar-refractivity contribution in [3.05, 3.63) is 18.2 Å². The molecule has 1 aromatic carbocycles. The van der Waals surface area contributed by atoms with Crippen molar-refractivity contribution in [2.75, 3.05) is 57.9 Å². The molecular formula is C20H28N4O3S. The molecule has 2 fully saturated rings. The molecule has 4 rings (SSSR count). The van der Waals surface area contributed by atoms with Crippen molar-refractivity contribution >= 4 is 32.7 Å². The van der Waals surface area contributed by atoms with E-state index in [1.807, 2.05) is 35.9 Å². The van der Waals surface area contributed by atoms with Gasteiger partial charge in [0.15, 0.2) is 5.13 Å². The molecule has 28 heavy (non-hydrogen) atoms. The summed E-state index contributed by atoms with van der Waals surface area (Å²) < 4.78 is 12.1. The average Bonchev–Trinajstić information content (AvgIpc) is 3.17. The summed E-state index contributed by atoms with van der Waals surface area (Å²) in [5, 5.41) is 1.06. The van der Waals surface area contributed by atoms with Crippen molar-refractivity contribution in [2.24, 2.45) is 0 Å². The summed E-state index contributed by atoms with van der Waals surface area (Å²) >= 11 is 1.71. The molecule has 0 saturated carbocycles. The number of piperidine rings is 1. The first-order valence-electron chi connectivity index (χ1n) is 10.0. The van der Waals surface area contributed by atoms with Crippen LogP contribution in [-0.4, -0.2) is 79.9 Å². The summed E-state index contributed by atoms with van der Waals surface area (Å²) in [7, 11) is 1.94. The summed E-state index contributed by atoms with van der Waals surface area (Å²) in [6, 6.07) is 6.49. The molecule has 0 bridgehead atoms. The third-order valence-corrected chi connectivity index (χ3v) is 6.60. The Balaban J connectivity index is 1.37. The molecule has 2 saturated heterocycles. The minimum Gasteiger partial charge on any atom is -0.494 e. The number of anilines is 1. The van der Waals surface area contributed by atoms with Crippen molar-refractivity contribution in [1.29, 1.82) is 0 Å². The quantitative estimate of drug-likeness (QED) is 0.784. The van der Waals surface area contributed by atoms with Crippen LogP contribution in [0.3, 0.4) is 0 Å². The van der Waals surface area contributed by atoms with Crippen molar-refractivity contribution in [3.63, 3.8) is 0 Å². The number of aromatic nitrogens is 1. The number of urea groups is 1. The molecule has 2 amide bonds. The minimum absolute atomic E-state index is 0.130. The van der Waals surface area contributed by atoms with Crippen LogP contribution in [0.25, 0.3) is 10.2 Å². The fourth-order valence-electron chi connectivity index (χ4n) is 3.86. The van der Waals surface area contributed by atoms with E-state index in [0.717, 1.165) is 47.0 Å². The summed E-state index contributed by atoms with van der Waals surface area (Å²) in [6.07, 6.45) is 1.93. The maximum Gasteiger partial charge on any atom is 0.320 e. The Morgan fingerprint density at radius 3 is 2.75 bits per heavy atom. The van der Waals surface area contributed by atoms with Crippen molar-refractivity contribution in [2.45, 2.75) is 25.8 Å². The summed E-state index contributed by atoms with van der Waals surface area (Å²) in [6.45, 7) is 7.16. The molecule has 7 nitrogen and oxygen atoms in total. The number of carbonyl (C=O) groups is 1. The van der Waals surface area contributed by atoms with Gasteiger partial charge in [-0.15, -0.1) is 0 Å². The van der Waals surface area contributed by atoms with E-state index in [1.165, 1.54) is 0 Å². The molecule has 8 heteroatoms. The molecule has 0 radical (unpaired) electrons. The van der Waals surface area contributed by atoms with Crippen molar-refractivity contribution < 1.29 is 14.3 Å². The lowest BCUT2D eigenvalue weighted by Crippen LogP contribution is -2.52. The first-order chi connectivity index (χ1) is 13.7. The summed E-state index contributed by atoms with van der Waals surface area (Å²) in [4.78, 5) is 23.7. The number of ether oxygens (including phenoxy) is 2. The standard InChI is InChI=1S/C20H28N4O3S/c1-3-27-16-4-5-17-18(14-16)28-19(21-17)23-8-6-15(7-9-23)22(2)20(25)24-10-12-26-13-11-24/h4-5,14-15H,3,6-13H2,1-2H3. The van der Waals surface area contributed by atoms with Crippen molar-refractivity contribution in [1.82, 2.24) is 14.8 Å². The Kier molecular flexibility index (Phi) is 5.87. The molecule has 2 aromatic rings. The summed E-state index contributed by atoms with van der Waals surface area (Å²) in [5.41, 5.74) is 1.02. The van der Waals surface area contributed by atoms with Crippen LogP contribution in [0.1, 0.15) is 19.8 Å². The fourth-order valence-corrected chi connectivity index (χ4v) is 4.91. The number of amides is 2. The van der Waals surface area contributed by atoms with Gasteiger partial charge in [-0.05, 0) is 38.0 Å².